The average Bonchev–Trinajstić information content (AvgIpc) is 3.06. The minimum Gasteiger partial charge on any atom is -0.354 e. The normalized spacial score (nSPS) is 11.8. The van der Waals surface area contributed by atoms with Crippen LogP contribution in [0.4, 0.5) is 11.4 Å². The summed E-state index contributed by atoms with van der Waals surface area (Å²) in [5.41, 5.74) is 1.19. The van der Waals surface area contributed by atoms with Gasteiger partial charge >= 0.3 is 0 Å². The quantitative estimate of drug-likeness (QED) is 0.0944. The van der Waals surface area contributed by atoms with Crippen molar-refractivity contribution in [2.75, 3.05) is 17.4 Å². The van der Waals surface area contributed by atoms with E-state index in [2.05, 4.69) is 5.32 Å². The van der Waals surface area contributed by atoms with Crippen LogP contribution in [0.2, 0.25) is 5.02 Å². The van der Waals surface area contributed by atoms with Crippen LogP contribution < -0.4 is 9.62 Å². The summed E-state index contributed by atoms with van der Waals surface area (Å²) in [7, 11) is -4.33. The number of halogens is 1. The van der Waals surface area contributed by atoms with E-state index in [-0.39, 0.29) is 35.1 Å². The molecule has 2 amide bonds. The van der Waals surface area contributed by atoms with Crippen molar-refractivity contribution >= 4 is 44.8 Å². The van der Waals surface area contributed by atoms with Gasteiger partial charge in [-0.1, -0.05) is 91.7 Å². The lowest BCUT2D eigenvalue weighted by atomic mass is 10.0. The van der Waals surface area contributed by atoms with Crippen molar-refractivity contribution in [3.05, 3.63) is 135 Å². The van der Waals surface area contributed by atoms with Gasteiger partial charge in [-0.3, -0.25) is 24.0 Å². The van der Waals surface area contributed by atoms with Gasteiger partial charge in [-0.2, -0.15) is 0 Å². The third kappa shape index (κ3) is 8.70. The van der Waals surface area contributed by atoms with Crippen LogP contribution in [0, 0.1) is 10.1 Å². The molecule has 0 fully saturated rings. The monoisotopic (exact) mass is 662 g/mol. The molecule has 240 valence electrons. The maximum Gasteiger partial charge on any atom is 0.269 e. The van der Waals surface area contributed by atoms with E-state index in [1.54, 1.807) is 42.5 Å². The number of carbonyl (C=O) groups is 2. The fourth-order valence-electron chi connectivity index (χ4n) is 4.86. The molecular formula is C34H35ClN4O6S. The Morgan fingerprint density at radius 3 is 2.11 bits per heavy atom. The van der Waals surface area contributed by atoms with Crippen molar-refractivity contribution in [1.82, 2.24) is 10.2 Å². The van der Waals surface area contributed by atoms with Gasteiger partial charge in [-0.05, 0) is 47.9 Å². The highest BCUT2D eigenvalue weighted by atomic mass is 35.5. The van der Waals surface area contributed by atoms with Gasteiger partial charge in [-0.15, -0.1) is 0 Å². The van der Waals surface area contributed by atoms with Crippen molar-refractivity contribution < 1.29 is 22.9 Å². The Hall–Kier alpha value is -4.74. The highest BCUT2D eigenvalue weighted by Gasteiger charge is 2.35. The van der Waals surface area contributed by atoms with Crippen LogP contribution >= 0.6 is 11.6 Å². The van der Waals surface area contributed by atoms with E-state index in [0.29, 0.717) is 17.1 Å². The average molecular weight is 663 g/mol. The number of rotatable bonds is 15. The summed E-state index contributed by atoms with van der Waals surface area (Å²) < 4.78 is 28.9. The molecule has 4 aromatic carbocycles. The summed E-state index contributed by atoms with van der Waals surface area (Å²) in [6.45, 7) is 1.65. The van der Waals surface area contributed by atoms with Gasteiger partial charge in [0.15, 0.2) is 0 Å². The fraction of sp³-hybridized carbons (Fsp3) is 0.235. The van der Waals surface area contributed by atoms with Gasteiger partial charge in [0, 0.05) is 36.7 Å². The zero-order chi connectivity index (χ0) is 33.1. The zero-order valence-electron chi connectivity index (χ0n) is 25.3. The predicted molar refractivity (Wildman–Crippen MR) is 178 cm³/mol. The third-order valence-electron chi connectivity index (χ3n) is 7.36. The molecule has 0 aliphatic rings. The van der Waals surface area contributed by atoms with Gasteiger partial charge in [0.25, 0.3) is 15.7 Å². The molecule has 0 aliphatic heterocycles. The number of unbranched alkanes of at least 4 members (excludes halogenated alkanes) is 1. The number of nitrogens with one attached hydrogen (secondary N) is 1. The minimum atomic E-state index is -4.33. The number of benzene rings is 4. The Kier molecular flexibility index (Phi) is 11.9. The van der Waals surface area contributed by atoms with E-state index in [1.807, 2.05) is 37.3 Å². The highest BCUT2D eigenvalue weighted by Crippen LogP contribution is 2.27. The first-order chi connectivity index (χ1) is 22.1. The van der Waals surface area contributed by atoms with E-state index in [0.717, 1.165) is 22.7 Å². The van der Waals surface area contributed by atoms with Gasteiger partial charge in [0.2, 0.25) is 11.8 Å². The van der Waals surface area contributed by atoms with Crippen LogP contribution in [0.3, 0.4) is 0 Å². The number of anilines is 1. The SMILES string of the molecule is CCCCNC(=O)[C@H](Cc1ccccc1)N(Cc1ccccc1Cl)C(=O)CN(c1ccc([N+](=O)[O-])cc1)S(=O)(=O)c1ccccc1. The molecule has 1 N–H and O–H groups in total. The van der Waals surface area contributed by atoms with Crippen molar-refractivity contribution in [3.63, 3.8) is 0 Å². The molecule has 0 unspecified atom stereocenters. The summed E-state index contributed by atoms with van der Waals surface area (Å²) in [6, 6.07) is 27.7. The predicted octanol–water partition coefficient (Wildman–Crippen LogP) is 6.00. The molecule has 0 spiro atoms. The lowest BCUT2D eigenvalue weighted by Gasteiger charge is -2.34. The fourth-order valence-corrected chi connectivity index (χ4v) is 6.49. The van der Waals surface area contributed by atoms with E-state index in [4.69, 9.17) is 11.6 Å². The molecule has 0 radical (unpaired) electrons. The Bertz CT molecular complexity index is 1740. The van der Waals surface area contributed by atoms with Crippen LogP contribution in [0.5, 0.6) is 0 Å². The summed E-state index contributed by atoms with van der Waals surface area (Å²) in [5, 5.41) is 14.6. The first kappa shape index (κ1) is 34.1. The van der Waals surface area contributed by atoms with Gasteiger partial charge in [0.05, 0.1) is 15.5 Å². The number of amides is 2. The van der Waals surface area contributed by atoms with Gasteiger partial charge in [0.1, 0.15) is 12.6 Å². The van der Waals surface area contributed by atoms with Crippen molar-refractivity contribution in [2.24, 2.45) is 0 Å². The van der Waals surface area contributed by atoms with Crippen LogP contribution in [0.15, 0.2) is 114 Å². The van der Waals surface area contributed by atoms with Crippen molar-refractivity contribution in [2.45, 2.75) is 43.7 Å². The second kappa shape index (κ2) is 16.0. The molecule has 12 heteroatoms. The van der Waals surface area contributed by atoms with Gasteiger partial charge < -0.3 is 10.2 Å². The van der Waals surface area contributed by atoms with Gasteiger partial charge in [-0.25, -0.2) is 8.42 Å². The second-order valence-corrected chi connectivity index (χ2v) is 12.8. The number of hydrogen-bond donors (Lipinski definition) is 1. The van der Waals surface area contributed by atoms with Crippen LogP contribution in [0.1, 0.15) is 30.9 Å². The van der Waals surface area contributed by atoms with E-state index in [1.165, 1.54) is 41.3 Å². The molecular weight excluding hydrogens is 628 g/mol. The first-order valence-electron chi connectivity index (χ1n) is 14.8. The highest BCUT2D eigenvalue weighted by molar-refractivity contribution is 7.92. The van der Waals surface area contributed by atoms with Crippen LogP contribution in [0.25, 0.3) is 0 Å². The second-order valence-electron chi connectivity index (χ2n) is 10.6. The summed E-state index contributed by atoms with van der Waals surface area (Å²) in [4.78, 5) is 40.2. The molecule has 0 aromatic heterocycles. The summed E-state index contributed by atoms with van der Waals surface area (Å²) in [6.07, 6.45) is 1.76. The topological polar surface area (TPSA) is 130 Å². The Labute approximate surface area is 273 Å². The smallest absolute Gasteiger partial charge is 0.269 e. The molecule has 0 saturated carbocycles. The molecule has 46 heavy (non-hydrogen) atoms. The maximum atomic E-state index is 14.5. The van der Waals surface area contributed by atoms with Crippen molar-refractivity contribution in [1.29, 1.82) is 0 Å². The van der Waals surface area contributed by atoms with Crippen molar-refractivity contribution in [3.8, 4) is 0 Å². The number of nitro groups is 1. The number of non-ortho nitro benzene ring substituents is 1. The Balaban J connectivity index is 1.80. The Morgan fingerprint density at radius 2 is 1.50 bits per heavy atom. The van der Waals surface area contributed by atoms with Crippen LogP contribution in [-0.4, -0.2) is 49.2 Å². The van der Waals surface area contributed by atoms with Crippen LogP contribution in [-0.2, 0) is 32.6 Å². The summed E-state index contributed by atoms with van der Waals surface area (Å²) in [5.74, 6) is -1.05. The Morgan fingerprint density at radius 1 is 0.891 bits per heavy atom. The third-order valence-corrected chi connectivity index (χ3v) is 9.51. The number of carbonyl (C=O) groups excluding carboxylic acids is 2. The number of nitrogens with zero attached hydrogens (tertiary/aromatic N) is 3. The molecule has 4 aromatic rings. The molecule has 0 saturated heterocycles. The van der Waals surface area contributed by atoms with E-state index in [9.17, 15) is 28.1 Å². The van der Waals surface area contributed by atoms with E-state index < -0.39 is 33.4 Å². The first-order valence-corrected chi connectivity index (χ1v) is 16.6. The molecule has 10 nitrogen and oxygen atoms in total. The number of hydrogen-bond acceptors (Lipinski definition) is 6. The molecule has 0 heterocycles. The molecule has 4 rings (SSSR count). The lowest BCUT2D eigenvalue weighted by molar-refractivity contribution is -0.384. The summed E-state index contributed by atoms with van der Waals surface area (Å²) >= 11 is 6.51. The largest absolute Gasteiger partial charge is 0.354 e. The maximum absolute atomic E-state index is 14.5. The number of nitro benzene ring substituents is 1. The number of sulfonamides is 1. The zero-order valence-corrected chi connectivity index (χ0v) is 26.9. The molecule has 0 bridgehead atoms. The molecule has 0 aliphatic carbocycles. The lowest BCUT2D eigenvalue weighted by Crippen LogP contribution is -2.53. The minimum absolute atomic E-state index is 0.0486. The molecule has 1 atom stereocenters. The van der Waals surface area contributed by atoms with E-state index >= 15 is 0 Å². The standard InChI is InChI=1S/C34H35ClN4O6S/c1-2-3-22-36-34(41)32(23-26-12-6-4-7-13-26)37(24-27-14-10-11-17-31(27)35)33(40)25-38(28-18-20-29(21-19-28)39(42)43)46(44,45)30-15-8-5-9-16-30/h4-21,32H,2-3,22-25H2,1H3,(H,36,41)/t32-/m0/s1.